The highest BCUT2D eigenvalue weighted by Crippen LogP contribution is 2.20. The Kier molecular flexibility index (Phi) is 4.44. The lowest BCUT2D eigenvalue weighted by molar-refractivity contribution is 0.212. The lowest BCUT2D eigenvalue weighted by Gasteiger charge is -2.03. The summed E-state index contributed by atoms with van der Waals surface area (Å²) in [6.45, 7) is 0.536. The van der Waals surface area contributed by atoms with E-state index in [1.165, 1.54) is 24.3 Å². The number of benzene rings is 1. The quantitative estimate of drug-likeness (QED) is 0.677. The van der Waals surface area contributed by atoms with Gasteiger partial charge in [-0.25, -0.2) is 9.48 Å². The number of hydrogen-bond acceptors (Lipinski definition) is 7. The van der Waals surface area contributed by atoms with Crippen molar-refractivity contribution in [2.75, 3.05) is 0 Å². The van der Waals surface area contributed by atoms with Crippen molar-refractivity contribution in [2.24, 2.45) is 5.73 Å². The van der Waals surface area contributed by atoms with E-state index in [0.717, 1.165) is 5.56 Å². The van der Waals surface area contributed by atoms with Crippen molar-refractivity contribution in [1.29, 1.82) is 0 Å². The monoisotopic (exact) mass is 359 g/mol. The zero-order valence-corrected chi connectivity index (χ0v) is 13.6. The van der Waals surface area contributed by atoms with Gasteiger partial charge in [-0.3, -0.25) is 4.98 Å². The van der Waals surface area contributed by atoms with Crippen molar-refractivity contribution in [3.8, 4) is 11.3 Å². The first kappa shape index (κ1) is 16.6. The smallest absolute Gasteiger partial charge is 0.334 e. The molecule has 0 atom stereocenters. The summed E-state index contributed by atoms with van der Waals surface area (Å²) >= 11 is 0. The SMILES string of the molecule is NC(=O)OS(=O)(=O)c1ccc(-c2cn(Cc3ccncc3)nn2)cc1. The first-order valence-electron chi connectivity index (χ1n) is 7.07. The fourth-order valence-corrected chi connectivity index (χ4v) is 2.91. The van der Waals surface area contributed by atoms with E-state index in [0.29, 0.717) is 17.8 Å². The zero-order valence-electron chi connectivity index (χ0n) is 12.8. The summed E-state index contributed by atoms with van der Waals surface area (Å²) in [5.74, 6) is 0. The van der Waals surface area contributed by atoms with Gasteiger partial charge < -0.3 is 9.92 Å². The zero-order chi connectivity index (χ0) is 17.9. The van der Waals surface area contributed by atoms with E-state index < -0.39 is 16.2 Å². The number of carbonyl (C=O) groups is 1. The molecule has 128 valence electrons. The van der Waals surface area contributed by atoms with Crippen LogP contribution in [0.4, 0.5) is 4.79 Å². The van der Waals surface area contributed by atoms with E-state index in [9.17, 15) is 13.2 Å². The highest BCUT2D eigenvalue weighted by molar-refractivity contribution is 7.87. The topological polar surface area (TPSA) is 130 Å². The molecule has 2 aromatic heterocycles. The number of nitrogens with two attached hydrogens (primary N) is 1. The normalized spacial score (nSPS) is 11.2. The molecule has 0 saturated carbocycles. The maximum Gasteiger partial charge on any atom is 0.420 e. The van der Waals surface area contributed by atoms with E-state index in [-0.39, 0.29) is 4.90 Å². The second-order valence-corrected chi connectivity index (χ2v) is 6.58. The predicted octanol–water partition coefficient (Wildman–Crippen LogP) is 1.17. The fraction of sp³-hybridized carbons (Fsp3) is 0.0667. The molecule has 1 aromatic carbocycles. The van der Waals surface area contributed by atoms with Gasteiger partial charge in [0.1, 0.15) is 10.6 Å². The molecule has 3 aromatic rings. The molecular formula is C15H13N5O4S. The average Bonchev–Trinajstić information content (AvgIpc) is 3.03. The summed E-state index contributed by atoms with van der Waals surface area (Å²) in [5, 5.41) is 8.11. The number of pyridine rings is 1. The van der Waals surface area contributed by atoms with Crippen LogP contribution in [-0.2, 0) is 20.8 Å². The Morgan fingerprint density at radius 3 is 2.44 bits per heavy atom. The van der Waals surface area contributed by atoms with Crippen LogP contribution in [-0.4, -0.2) is 34.5 Å². The lowest BCUT2D eigenvalue weighted by atomic mass is 10.2. The van der Waals surface area contributed by atoms with Gasteiger partial charge in [0.2, 0.25) is 0 Å². The molecule has 1 amide bonds. The highest BCUT2D eigenvalue weighted by atomic mass is 32.2. The molecule has 9 nitrogen and oxygen atoms in total. The molecule has 0 aliphatic rings. The molecule has 0 radical (unpaired) electrons. The van der Waals surface area contributed by atoms with Gasteiger partial charge in [0.15, 0.2) is 0 Å². The van der Waals surface area contributed by atoms with Gasteiger partial charge in [0.25, 0.3) is 0 Å². The van der Waals surface area contributed by atoms with Crippen molar-refractivity contribution in [3.05, 3.63) is 60.6 Å². The first-order chi connectivity index (χ1) is 11.9. The summed E-state index contributed by atoms with van der Waals surface area (Å²) in [6, 6.07) is 9.43. The van der Waals surface area contributed by atoms with Crippen LogP contribution in [0.1, 0.15) is 5.56 Å². The summed E-state index contributed by atoms with van der Waals surface area (Å²) < 4.78 is 29.2. The summed E-state index contributed by atoms with van der Waals surface area (Å²) in [7, 11) is -4.22. The van der Waals surface area contributed by atoms with Gasteiger partial charge >= 0.3 is 16.2 Å². The minimum Gasteiger partial charge on any atom is -0.334 e. The standard InChI is InChI=1S/C15H13N5O4S/c16-15(21)24-25(22,23)13-3-1-12(2-4-13)14-10-20(19-18-14)9-11-5-7-17-8-6-11/h1-8,10H,9H2,(H2,16,21). The fourth-order valence-electron chi connectivity index (χ4n) is 2.13. The third-order valence-corrected chi connectivity index (χ3v) is 4.50. The number of amides is 1. The Balaban J connectivity index is 1.78. The molecule has 0 bridgehead atoms. The molecule has 25 heavy (non-hydrogen) atoms. The van der Waals surface area contributed by atoms with Crippen molar-refractivity contribution in [3.63, 3.8) is 0 Å². The molecule has 3 rings (SSSR count). The largest absolute Gasteiger partial charge is 0.420 e. The Morgan fingerprint density at radius 1 is 1.12 bits per heavy atom. The molecule has 2 N–H and O–H groups in total. The molecule has 0 aliphatic carbocycles. The molecule has 10 heteroatoms. The molecule has 0 saturated heterocycles. The number of hydrogen-bond donors (Lipinski definition) is 1. The van der Waals surface area contributed by atoms with Crippen molar-refractivity contribution >= 4 is 16.2 Å². The third kappa shape index (κ3) is 3.98. The van der Waals surface area contributed by atoms with Gasteiger partial charge in [-0.15, -0.1) is 5.10 Å². The summed E-state index contributed by atoms with van der Waals surface area (Å²) in [4.78, 5) is 14.4. The number of nitrogens with zero attached hydrogens (tertiary/aromatic N) is 4. The van der Waals surface area contributed by atoms with E-state index in [1.807, 2.05) is 12.1 Å². The maximum atomic E-state index is 11.7. The molecule has 0 unspecified atom stereocenters. The second kappa shape index (κ2) is 6.69. The third-order valence-electron chi connectivity index (χ3n) is 3.26. The van der Waals surface area contributed by atoms with Crippen LogP contribution in [0, 0.1) is 0 Å². The molecule has 2 heterocycles. The Morgan fingerprint density at radius 2 is 1.80 bits per heavy atom. The summed E-state index contributed by atoms with van der Waals surface area (Å²) in [5.41, 5.74) is 7.01. The Labute approximate surface area is 143 Å². The number of primary amides is 1. The highest BCUT2D eigenvalue weighted by Gasteiger charge is 2.18. The first-order valence-corrected chi connectivity index (χ1v) is 8.48. The average molecular weight is 359 g/mol. The van der Waals surface area contributed by atoms with Crippen LogP contribution in [0.15, 0.2) is 59.9 Å². The van der Waals surface area contributed by atoms with Gasteiger partial charge in [-0.05, 0) is 29.8 Å². The van der Waals surface area contributed by atoms with Gasteiger partial charge in [0, 0.05) is 18.0 Å². The van der Waals surface area contributed by atoms with Gasteiger partial charge in [0.05, 0.1) is 12.7 Å². The van der Waals surface area contributed by atoms with Crippen LogP contribution in [0.2, 0.25) is 0 Å². The molecule has 0 fully saturated rings. The van der Waals surface area contributed by atoms with E-state index in [2.05, 4.69) is 19.5 Å². The van der Waals surface area contributed by atoms with Crippen LogP contribution >= 0.6 is 0 Å². The maximum absolute atomic E-state index is 11.7. The van der Waals surface area contributed by atoms with Crippen molar-refractivity contribution in [1.82, 2.24) is 20.0 Å². The van der Waals surface area contributed by atoms with E-state index >= 15 is 0 Å². The molecular weight excluding hydrogens is 346 g/mol. The van der Waals surface area contributed by atoms with Crippen LogP contribution in [0.5, 0.6) is 0 Å². The number of aromatic nitrogens is 4. The minimum atomic E-state index is -4.22. The van der Waals surface area contributed by atoms with Crippen LogP contribution in [0.25, 0.3) is 11.3 Å². The van der Waals surface area contributed by atoms with Crippen molar-refractivity contribution < 1.29 is 17.4 Å². The Hall–Kier alpha value is -3.27. The second-order valence-electron chi connectivity index (χ2n) is 5.04. The predicted molar refractivity (Wildman–Crippen MR) is 86.7 cm³/mol. The number of carbonyl (C=O) groups excluding carboxylic acids is 1. The summed E-state index contributed by atoms with van der Waals surface area (Å²) in [6.07, 6.45) is 3.74. The lowest BCUT2D eigenvalue weighted by Crippen LogP contribution is -2.18. The molecule has 0 spiro atoms. The molecule has 0 aliphatic heterocycles. The van der Waals surface area contributed by atoms with E-state index in [1.54, 1.807) is 23.3 Å². The van der Waals surface area contributed by atoms with Gasteiger partial charge in [-0.2, -0.15) is 8.42 Å². The van der Waals surface area contributed by atoms with Crippen molar-refractivity contribution in [2.45, 2.75) is 11.4 Å². The number of rotatable bonds is 5. The Bertz CT molecular complexity index is 984. The minimum absolute atomic E-state index is 0.181. The van der Waals surface area contributed by atoms with Gasteiger partial charge in [-0.1, -0.05) is 17.3 Å². The van der Waals surface area contributed by atoms with Crippen LogP contribution in [0.3, 0.4) is 0 Å². The van der Waals surface area contributed by atoms with Crippen LogP contribution < -0.4 is 5.73 Å². The van der Waals surface area contributed by atoms with E-state index in [4.69, 9.17) is 5.73 Å².